The number of nitrogens with one attached hydrogen (secondary N) is 1. The fraction of sp³-hybridized carbons (Fsp3) is 0.667. The van der Waals surface area contributed by atoms with Gasteiger partial charge in [0, 0.05) is 6.42 Å². The normalized spacial score (nSPS) is 30.3. The fourth-order valence-corrected chi connectivity index (χ4v) is 1.49. The summed E-state index contributed by atoms with van der Waals surface area (Å²) in [6.07, 6.45) is 4.25. The number of carbonyl (C=O) groups is 1. The Labute approximate surface area is 67.7 Å². The summed E-state index contributed by atoms with van der Waals surface area (Å²) in [6.45, 7) is 6.50. The van der Waals surface area contributed by atoms with Gasteiger partial charge in [-0.3, -0.25) is 4.79 Å². The molecule has 0 saturated carbocycles. The number of ketones is 1. The topological polar surface area (TPSA) is 29.1 Å². The minimum atomic E-state index is -0.256. The zero-order valence-electron chi connectivity index (χ0n) is 7.02. The van der Waals surface area contributed by atoms with Gasteiger partial charge in [-0.15, -0.1) is 6.58 Å². The molecule has 1 aliphatic heterocycles. The van der Waals surface area contributed by atoms with Gasteiger partial charge >= 0.3 is 0 Å². The molecule has 1 aliphatic rings. The van der Waals surface area contributed by atoms with Crippen LogP contribution in [0.2, 0.25) is 0 Å². The molecule has 2 nitrogen and oxygen atoms in total. The first-order valence-electron chi connectivity index (χ1n) is 4.08. The zero-order chi connectivity index (χ0) is 8.32. The van der Waals surface area contributed by atoms with E-state index in [0.717, 1.165) is 19.4 Å². The molecule has 0 aromatic heterocycles. The molecule has 0 bridgehead atoms. The summed E-state index contributed by atoms with van der Waals surface area (Å²) in [5, 5.41) is 3.22. The van der Waals surface area contributed by atoms with Crippen molar-refractivity contribution >= 4 is 5.78 Å². The smallest absolute Gasteiger partial charge is 0.156 e. The van der Waals surface area contributed by atoms with Crippen LogP contribution in [0.25, 0.3) is 0 Å². The van der Waals surface area contributed by atoms with Crippen molar-refractivity contribution in [3.8, 4) is 0 Å². The maximum Gasteiger partial charge on any atom is 0.156 e. The van der Waals surface area contributed by atoms with Crippen molar-refractivity contribution < 1.29 is 4.79 Å². The average Bonchev–Trinajstić information content (AvgIpc) is 2.38. The number of Topliss-reactive ketones (excluding diaryl/α,β-unsaturated/α-hetero) is 1. The highest BCUT2D eigenvalue weighted by atomic mass is 16.1. The lowest BCUT2D eigenvalue weighted by Gasteiger charge is -2.21. The van der Waals surface area contributed by atoms with E-state index in [-0.39, 0.29) is 11.3 Å². The molecule has 1 rings (SSSR count). The number of allylic oxidation sites excluding steroid dienone is 1. The van der Waals surface area contributed by atoms with Crippen LogP contribution in [-0.2, 0) is 4.79 Å². The maximum absolute atomic E-state index is 11.4. The van der Waals surface area contributed by atoms with Crippen LogP contribution in [0.5, 0.6) is 0 Å². The molecule has 1 atom stereocenters. The van der Waals surface area contributed by atoms with Gasteiger partial charge in [0.05, 0.1) is 5.54 Å². The summed E-state index contributed by atoms with van der Waals surface area (Å²) >= 11 is 0. The first-order chi connectivity index (χ1) is 5.19. The summed E-state index contributed by atoms with van der Waals surface area (Å²) in [7, 11) is 0. The molecule has 0 unspecified atom stereocenters. The third kappa shape index (κ3) is 1.69. The molecule has 0 aromatic rings. The molecule has 1 saturated heterocycles. The summed E-state index contributed by atoms with van der Waals surface area (Å²) in [6, 6.07) is 0. The van der Waals surface area contributed by atoms with Gasteiger partial charge in [0.25, 0.3) is 0 Å². The van der Waals surface area contributed by atoms with Gasteiger partial charge in [-0.1, -0.05) is 6.08 Å². The summed E-state index contributed by atoms with van der Waals surface area (Å²) < 4.78 is 0. The fourth-order valence-electron chi connectivity index (χ4n) is 1.49. The highest BCUT2D eigenvalue weighted by Gasteiger charge is 2.34. The molecular weight excluding hydrogens is 138 g/mol. The monoisotopic (exact) mass is 153 g/mol. The van der Waals surface area contributed by atoms with Gasteiger partial charge in [0.2, 0.25) is 0 Å². The van der Waals surface area contributed by atoms with Crippen LogP contribution >= 0.6 is 0 Å². The Bertz CT molecular complexity index is 168. The predicted molar refractivity (Wildman–Crippen MR) is 45.5 cm³/mol. The van der Waals surface area contributed by atoms with Gasteiger partial charge in [-0.05, 0) is 26.3 Å². The Balaban J connectivity index is 2.55. The lowest BCUT2D eigenvalue weighted by molar-refractivity contribution is -0.123. The summed E-state index contributed by atoms with van der Waals surface area (Å²) in [5.41, 5.74) is -0.256. The zero-order valence-corrected chi connectivity index (χ0v) is 7.02. The summed E-state index contributed by atoms with van der Waals surface area (Å²) in [4.78, 5) is 11.4. The van der Waals surface area contributed by atoms with E-state index in [2.05, 4.69) is 11.9 Å². The van der Waals surface area contributed by atoms with E-state index in [4.69, 9.17) is 0 Å². The van der Waals surface area contributed by atoms with E-state index in [1.54, 1.807) is 6.08 Å². The third-order valence-electron chi connectivity index (χ3n) is 2.31. The predicted octanol–water partition coefficient (Wildman–Crippen LogP) is 1.27. The van der Waals surface area contributed by atoms with Crippen molar-refractivity contribution in [2.24, 2.45) is 0 Å². The van der Waals surface area contributed by atoms with Crippen LogP contribution in [0.3, 0.4) is 0 Å². The van der Waals surface area contributed by atoms with Crippen LogP contribution in [0.15, 0.2) is 12.7 Å². The highest BCUT2D eigenvalue weighted by molar-refractivity contribution is 5.89. The average molecular weight is 153 g/mol. The minimum absolute atomic E-state index is 0.256. The Morgan fingerprint density at radius 2 is 2.55 bits per heavy atom. The van der Waals surface area contributed by atoms with Gasteiger partial charge in [0.1, 0.15) is 0 Å². The van der Waals surface area contributed by atoms with E-state index in [1.807, 2.05) is 6.92 Å². The second kappa shape index (κ2) is 3.18. The van der Waals surface area contributed by atoms with E-state index in [1.165, 1.54) is 0 Å². The van der Waals surface area contributed by atoms with Crippen LogP contribution in [0.1, 0.15) is 26.2 Å². The highest BCUT2D eigenvalue weighted by Crippen LogP contribution is 2.20. The lowest BCUT2D eigenvalue weighted by atomic mass is 9.93. The number of carbonyl (C=O) groups excluding carboxylic acids is 1. The minimum Gasteiger partial charge on any atom is -0.305 e. The Hall–Kier alpha value is -0.630. The molecule has 2 heteroatoms. The van der Waals surface area contributed by atoms with Crippen molar-refractivity contribution in [3.05, 3.63) is 12.7 Å². The molecule has 0 spiro atoms. The van der Waals surface area contributed by atoms with Crippen LogP contribution < -0.4 is 5.32 Å². The standard InChI is InChI=1S/C9H15NO/c1-3-5-8(11)9(2)6-4-7-10-9/h3,10H,1,4-7H2,2H3/t9-/m0/s1. The Morgan fingerprint density at radius 1 is 1.82 bits per heavy atom. The SMILES string of the molecule is C=CCC(=O)[C@]1(C)CCCN1. The lowest BCUT2D eigenvalue weighted by Crippen LogP contribution is -2.44. The molecule has 0 amide bonds. The molecular formula is C9H15NO. The first-order valence-corrected chi connectivity index (χ1v) is 4.08. The van der Waals surface area contributed by atoms with E-state index in [9.17, 15) is 4.79 Å². The van der Waals surface area contributed by atoms with Gasteiger partial charge < -0.3 is 5.32 Å². The Kier molecular flexibility index (Phi) is 2.45. The van der Waals surface area contributed by atoms with E-state index < -0.39 is 0 Å². The second-order valence-corrected chi connectivity index (χ2v) is 3.28. The number of rotatable bonds is 3. The van der Waals surface area contributed by atoms with Crippen molar-refractivity contribution in [1.82, 2.24) is 5.32 Å². The number of hydrogen-bond acceptors (Lipinski definition) is 2. The second-order valence-electron chi connectivity index (χ2n) is 3.28. The molecule has 0 aromatic carbocycles. The van der Waals surface area contributed by atoms with E-state index in [0.29, 0.717) is 6.42 Å². The molecule has 62 valence electrons. The van der Waals surface area contributed by atoms with E-state index >= 15 is 0 Å². The summed E-state index contributed by atoms with van der Waals surface area (Å²) in [5.74, 6) is 0.269. The maximum atomic E-state index is 11.4. The van der Waals surface area contributed by atoms with Gasteiger partial charge in [-0.25, -0.2) is 0 Å². The van der Waals surface area contributed by atoms with Crippen LogP contribution in [-0.4, -0.2) is 17.9 Å². The van der Waals surface area contributed by atoms with Crippen molar-refractivity contribution in [1.29, 1.82) is 0 Å². The molecule has 11 heavy (non-hydrogen) atoms. The molecule has 1 N–H and O–H groups in total. The van der Waals surface area contributed by atoms with Crippen molar-refractivity contribution in [3.63, 3.8) is 0 Å². The molecule has 0 radical (unpaired) electrons. The van der Waals surface area contributed by atoms with Crippen molar-refractivity contribution in [2.75, 3.05) is 6.54 Å². The third-order valence-corrected chi connectivity index (χ3v) is 2.31. The molecule has 1 heterocycles. The van der Waals surface area contributed by atoms with Gasteiger partial charge in [-0.2, -0.15) is 0 Å². The Morgan fingerprint density at radius 3 is 3.00 bits per heavy atom. The largest absolute Gasteiger partial charge is 0.305 e. The molecule has 0 aliphatic carbocycles. The van der Waals surface area contributed by atoms with Crippen LogP contribution in [0.4, 0.5) is 0 Å². The van der Waals surface area contributed by atoms with Gasteiger partial charge in [0.15, 0.2) is 5.78 Å². The quantitative estimate of drug-likeness (QED) is 0.619. The first kappa shape index (κ1) is 8.47. The molecule has 1 fully saturated rings. The van der Waals surface area contributed by atoms with Crippen molar-refractivity contribution in [2.45, 2.75) is 31.7 Å². The van der Waals surface area contributed by atoms with Crippen LogP contribution in [0, 0.1) is 0 Å². The number of hydrogen-bond donors (Lipinski definition) is 1.